The van der Waals surface area contributed by atoms with Crippen molar-refractivity contribution in [3.8, 4) is 23.0 Å². The van der Waals surface area contributed by atoms with Crippen molar-refractivity contribution in [2.75, 3.05) is 13.3 Å². The monoisotopic (exact) mass is 446 g/mol. The van der Waals surface area contributed by atoms with Crippen LogP contribution in [0.4, 0.5) is 0 Å². The van der Waals surface area contributed by atoms with Gasteiger partial charge in [0, 0.05) is 6.07 Å². The first kappa shape index (κ1) is 22.0. The summed E-state index contributed by atoms with van der Waals surface area (Å²) in [6.45, 7) is 6.59. The molecular weight excluding hydrogens is 422 g/mol. The highest BCUT2D eigenvalue weighted by molar-refractivity contribution is 7.54. The molecule has 0 aliphatic carbocycles. The number of aryl methyl sites for hydroxylation is 2. The van der Waals surface area contributed by atoms with E-state index in [4.69, 9.17) is 18.1 Å². The Bertz CT molecular complexity index is 1040. The fraction of sp³-hybridized carbons (Fsp3) is 0.182. The lowest BCUT2D eigenvalue weighted by Gasteiger charge is -2.18. The molecule has 30 heavy (non-hydrogen) atoms. The summed E-state index contributed by atoms with van der Waals surface area (Å²) in [7, 11) is -6.89. The van der Waals surface area contributed by atoms with Crippen molar-refractivity contribution in [2.45, 2.75) is 13.8 Å². The Morgan fingerprint density at radius 2 is 0.833 bits per heavy atom. The summed E-state index contributed by atoms with van der Waals surface area (Å²) in [6, 6.07) is 20.8. The summed E-state index contributed by atoms with van der Waals surface area (Å²) in [5.41, 5.74) is 1.96. The number of hydrogen-bond donors (Lipinski definition) is 0. The molecule has 0 fully saturated rings. The summed E-state index contributed by atoms with van der Waals surface area (Å²) in [4.78, 5) is 0. The normalized spacial score (nSPS) is 14.8. The largest absolute Gasteiger partial charge is 0.427 e. The van der Waals surface area contributed by atoms with Crippen molar-refractivity contribution in [2.24, 2.45) is 0 Å². The van der Waals surface area contributed by atoms with E-state index in [1.165, 1.54) is 19.4 Å². The number of rotatable bonds is 8. The molecule has 3 rings (SSSR count). The second kappa shape index (κ2) is 8.99. The van der Waals surface area contributed by atoms with Gasteiger partial charge in [-0.1, -0.05) is 30.3 Å². The Labute approximate surface area is 176 Å². The van der Waals surface area contributed by atoms with Gasteiger partial charge in [-0.3, -0.25) is 0 Å². The molecule has 2 atom stereocenters. The van der Waals surface area contributed by atoms with Crippen LogP contribution in [-0.4, -0.2) is 13.3 Å². The molecule has 0 heterocycles. The predicted octanol–water partition coefficient (Wildman–Crippen LogP) is 6.86. The van der Waals surface area contributed by atoms with E-state index in [0.29, 0.717) is 11.5 Å². The van der Waals surface area contributed by atoms with Gasteiger partial charge in [0.25, 0.3) is 0 Å². The van der Waals surface area contributed by atoms with Gasteiger partial charge in [0.1, 0.15) is 23.0 Å². The summed E-state index contributed by atoms with van der Waals surface area (Å²) in [6.07, 6.45) is 0. The molecule has 0 amide bonds. The summed E-state index contributed by atoms with van der Waals surface area (Å²) in [5.74, 6) is 1.44. The van der Waals surface area contributed by atoms with Crippen LogP contribution in [0.25, 0.3) is 0 Å². The Kier molecular flexibility index (Phi) is 6.60. The maximum Gasteiger partial charge on any atom is 0.427 e. The molecule has 0 aliphatic rings. The summed E-state index contributed by atoms with van der Waals surface area (Å²) >= 11 is 0. The lowest BCUT2D eigenvalue weighted by molar-refractivity contribution is 0.387. The Hall–Kier alpha value is -2.68. The zero-order valence-electron chi connectivity index (χ0n) is 17.3. The second-order valence-corrected chi connectivity index (χ2v) is 10.8. The molecule has 0 spiro atoms. The lowest BCUT2D eigenvalue weighted by Crippen LogP contribution is -2.01. The average Bonchev–Trinajstić information content (AvgIpc) is 2.60. The van der Waals surface area contributed by atoms with E-state index in [9.17, 15) is 9.13 Å². The Balaban J connectivity index is 1.69. The maximum atomic E-state index is 12.8. The van der Waals surface area contributed by atoms with Gasteiger partial charge in [-0.2, -0.15) is 0 Å². The van der Waals surface area contributed by atoms with E-state index in [2.05, 4.69) is 0 Å². The van der Waals surface area contributed by atoms with Gasteiger partial charge in [0.2, 0.25) is 0 Å². The molecule has 158 valence electrons. The minimum atomic E-state index is -3.44. The van der Waals surface area contributed by atoms with Gasteiger partial charge in [-0.15, -0.1) is 0 Å². The van der Waals surface area contributed by atoms with E-state index in [1.807, 2.05) is 38.1 Å². The van der Waals surface area contributed by atoms with Gasteiger partial charge in [0.15, 0.2) is 0 Å². The molecular formula is C22H24O6P2. The van der Waals surface area contributed by atoms with Crippen LogP contribution in [0, 0.1) is 13.8 Å². The van der Waals surface area contributed by atoms with E-state index < -0.39 is 15.2 Å². The van der Waals surface area contributed by atoms with Gasteiger partial charge in [0.05, 0.1) is 13.3 Å². The zero-order chi connectivity index (χ0) is 21.8. The molecule has 3 aromatic carbocycles. The van der Waals surface area contributed by atoms with Crippen LogP contribution in [0.15, 0.2) is 72.8 Å². The molecule has 0 bridgehead atoms. The van der Waals surface area contributed by atoms with Gasteiger partial charge >= 0.3 is 15.2 Å². The predicted molar refractivity (Wildman–Crippen MR) is 118 cm³/mol. The van der Waals surface area contributed by atoms with E-state index in [0.717, 1.165) is 11.1 Å². The van der Waals surface area contributed by atoms with Crippen LogP contribution >= 0.6 is 15.2 Å². The first-order chi connectivity index (χ1) is 14.1. The maximum absolute atomic E-state index is 12.8. The standard InChI is InChI=1S/C22H24O6P2/c1-17-8-5-10-19(14-17)25-29(3,23)27-21-12-7-13-22(16-21)28-30(4,24)26-20-11-6-9-18(2)15-20/h5-16H,1-4H3. The van der Waals surface area contributed by atoms with Crippen LogP contribution < -0.4 is 18.1 Å². The molecule has 2 unspecified atom stereocenters. The zero-order valence-corrected chi connectivity index (χ0v) is 19.1. The summed E-state index contributed by atoms with van der Waals surface area (Å²) in [5, 5.41) is 0. The number of hydrogen-bond acceptors (Lipinski definition) is 6. The van der Waals surface area contributed by atoms with E-state index in [1.54, 1.807) is 42.5 Å². The first-order valence-electron chi connectivity index (χ1n) is 9.27. The fourth-order valence-corrected chi connectivity index (χ4v) is 4.80. The van der Waals surface area contributed by atoms with Crippen LogP contribution in [0.3, 0.4) is 0 Å². The van der Waals surface area contributed by atoms with Gasteiger partial charge in [-0.05, 0) is 61.4 Å². The summed E-state index contributed by atoms with van der Waals surface area (Å²) < 4.78 is 47.7. The molecule has 3 aromatic rings. The molecule has 0 saturated heterocycles. The fourth-order valence-electron chi connectivity index (χ4n) is 2.74. The van der Waals surface area contributed by atoms with Crippen LogP contribution in [-0.2, 0) is 9.13 Å². The topological polar surface area (TPSA) is 71.1 Å². The van der Waals surface area contributed by atoms with Gasteiger partial charge < -0.3 is 18.1 Å². The van der Waals surface area contributed by atoms with Crippen molar-refractivity contribution in [3.05, 3.63) is 83.9 Å². The van der Waals surface area contributed by atoms with Crippen molar-refractivity contribution in [1.82, 2.24) is 0 Å². The third-order valence-corrected chi connectivity index (χ3v) is 6.04. The molecule has 6 nitrogen and oxygen atoms in total. The smallest absolute Gasteiger partial charge is 0.416 e. The third kappa shape index (κ3) is 6.69. The molecule has 0 aliphatic heterocycles. The van der Waals surface area contributed by atoms with Crippen molar-refractivity contribution < 1.29 is 27.2 Å². The van der Waals surface area contributed by atoms with Crippen molar-refractivity contribution in [1.29, 1.82) is 0 Å². The van der Waals surface area contributed by atoms with E-state index >= 15 is 0 Å². The molecule has 0 N–H and O–H groups in total. The highest BCUT2D eigenvalue weighted by atomic mass is 31.2. The third-order valence-electron chi connectivity index (χ3n) is 3.87. The Morgan fingerprint density at radius 1 is 0.533 bits per heavy atom. The quantitative estimate of drug-likeness (QED) is 0.352. The molecule has 0 radical (unpaired) electrons. The lowest BCUT2D eigenvalue weighted by atomic mass is 10.2. The number of benzene rings is 3. The van der Waals surface area contributed by atoms with Gasteiger partial charge in [-0.25, -0.2) is 9.13 Å². The van der Waals surface area contributed by atoms with E-state index in [-0.39, 0.29) is 11.5 Å². The SMILES string of the molecule is Cc1cccc(OP(C)(=O)Oc2cccc(OP(C)(=O)Oc3cccc(C)c3)c2)c1. The van der Waals surface area contributed by atoms with Crippen LogP contribution in [0.2, 0.25) is 0 Å². The van der Waals surface area contributed by atoms with Crippen molar-refractivity contribution >= 4 is 15.2 Å². The highest BCUT2D eigenvalue weighted by Crippen LogP contribution is 2.48. The van der Waals surface area contributed by atoms with Crippen LogP contribution in [0.5, 0.6) is 23.0 Å². The highest BCUT2D eigenvalue weighted by Gasteiger charge is 2.23. The first-order valence-corrected chi connectivity index (χ1v) is 13.3. The van der Waals surface area contributed by atoms with Crippen molar-refractivity contribution in [3.63, 3.8) is 0 Å². The average molecular weight is 446 g/mol. The molecule has 0 aromatic heterocycles. The molecule has 8 heteroatoms. The van der Waals surface area contributed by atoms with Crippen LogP contribution in [0.1, 0.15) is 11.1 Å². The Morgan fingerprint density at radius 3 is 1.17 bits per heavy atom. The molecule has 0 saturated carbocycles. The minimum absolute atomic E-state index is 0.265. The minimum Gasteiger partial charge on any atom is -0.416 e. The second-order valence-electron chi connectivity index (χ2n) is 7.02.